The number of hydrogen-bond acceptors (Lipinski definition) is 6. The van der Waals surface area contributed by atoms with Gasteiger partial charge in [0.15, 0.2) is 0 Å². The number of benzene rings is 1. The first-order chi connectivity index (χ1) is 15.6. The lowest BCUT2D eigenvalue weighted by molar-refractivity contribution is -0.116. The van der Waals surface area contributed by atoms with Gasteiger partial charge in [-0.3, -0.25) is 14.4 Å². The highest BCUT2D eigenvalue weighted by atomic mass is 32.2. The highest BCUT2D eigenvalue weighted by molar-refractivity contribution is 7.98. The van der Waals surface area contributed by atoms with Crippen LogP contribution in [0.3, 0.4) is 0 Å². The lowest BCUT2D eigenvalue weighted by Crippen LogP contribution is -2.14. The van der Waals surface area contributed by atoms with E-state index in [-0.39, 0.29) is 17.4 Å². The number of nitrogens with one attached hydrogen (secondary N) is 3. The first-order valence-corrected chi connectivity index (χ1v) is 12.9. The number of aryl methyl sites for hydroxylation is 3. The van der Waals surface area contributed by atoms with Gasteiger partial charge in [0.05, 0.1) is 11.1 Å². The standard InChI is InChI=1S/C23H24N4O3S2/c28-19-6-1-3-13-11-14(7-8-16(13)25-19)24-20(29)9-10-31-12-18-26-22(30)21-15-4-2-5-17(15)32-23(21)27-18/h7-8,11H,1-6,9-10,12H2,(H,24,29)(H,25,28)(H,26,27,30). The molecule has 3 N–H and O–H groups in total. The van der Waals surface area contributed by atoms with E-state index < -0.39 is 0 Å². The van der Waals surface area contributed by atoms with Crippen LogP contribution in [0.2, 0.25) is 0 Å². The van der Waals surface area contributed by atoms with Crippen molar-refractivity contribution in [3.63, 3.8) is 0 Å². The van der Waals surface area contributed by atoms with Crippen molar-refractivity contribution in [1.82, 2.24) is 9.97 Å². The fourth-order valence-corrected chi connectivity index (χ4v) is 6.41. The Morgan fingerprint density at radius 1 is 1.16 bits per heavy atom. The molecule has 2 aromatic heterocycles. The lowest BCUT2D eigenvalue weighted by atomic mass is 10.1. The number of anilines is 2. The van der Waals surface area contributed by atoms with Gasteiger partial charge >= 0.3 is 0 Å². The van der Waals surface area contributed by atoms with Gasteiger partial charge in [0.2, 0.25) is 11.8 Å². The van der Waals surface area contributed by atoms with Crippen molar-refractivity contribution in [3.05, 3.63) is 50.4 Å². The Kier molecular flexibility index (Phi) is 6.01. The molecule has 9 heteroatoms. The summed E-state index contributed by atoms with van der Waals surface area (Å²) in [4.78, 5) is 46.3. The zero-order valence-electron chi connectivity index (χ0n) is 17.6. The summed E-state index contributed by atoms with van der Waals surface area (Å²) < 4.78 is 0. The fourth-order valence-electron chi connectivity index (χ4n) is 4.32. The molecule has 5 rings (SSSR count). The van der Waals surface area contributed by atoms with Crippen molar-refractivity contribution in [3.8, 4) is 0 Å². The summed E-state index contributed by atoms with van der Waals surface area (Å²) >= 11 is 3.23. The number of carbonyl (C=O) groups excluding carboxylic acids is 2. The molecule has 1 aliphatic carbocycles. The number of hydrogen-bond donors (Lipinski definition) is 3. The maximum atomic E-state index is 12.5. The SMILES string of the molecule is O=C(CCSCc1nc2sc3c(c2c(=O)[nH]1)CCC3)Nc1ccc2c(c1)CCCC(=O)N2. The minimum Gasteiger partial charge on any atom is -0.326 e. The summed E-state index contributed by atoms with van der Waals surface area (Å²) in [6.07, 6.45) is 5.67. The number of H-pyrrole nitrogens is 1. The van der Waals surface area contributed by atoms with Crippen molar-refractivity contribution in [2.45, 2.75) is 50.7 Å². The van der Waals surface area contributed by atoms with E-state index in [4.69, 9.17) is 0 Å². The second kappa shape index (κ2) is 9.07. The number of amides is 2. The number of thioether (sulfide) groups is 1. The van der Waals surface area contributed by atoms with E-state index in [1.165, 1.54) is 10.4 Å². The van der Waals surface area contributed by atoms with Gasteiger partial charge in [-0.25, -0.2) is 4.98 Å². The third-order valence-electron chi connectivity index (χ3n) is 5.85. The normalized spacial score (nSPS) is 15.2. The van der Waals surface area contributed by atoms with Crippen LogP contribution < -0.4 is 16.2 Å². The highest BCUT2D eigenvalue weighted by Gasteiger charge is 2.21. The van der Waals surface area contributed by atoms with Crippen LogP contribution in [0.5, 0.6) is 0 Å². The van der Waals surface area contributed by atoms with E-state index >= 15 is 0 Å². The van der Waals surface area contributed by atoms with Crippen molar-refractivity contribution < 1.29 is 9.59 Å². The van der Waals surface area contributed by atoms with E-state index in [0.717, 1.165) is 59.3 Å². The fraction of sp³-hybridized carbons (Fsp3) is 0.391. The van der Waals surface area contributed by atoms with Crippen LogP contribution in [0, 0.1) is 0 Å². The number of aromatic nitrogens is 2. The smallest absolute Gasteiger partial charge is 0.259 e. The maximum Gasteiger partial charge on any atom is 0.259 e. The molecule has 1 aromatic carbocycles. The molecule has 32 heavy (non-hydrogen) atoms. The van der Waals surface area contributed by atoms with Gasteiger partial charge in [-0.2, -0.15) is 11.8 Å². The Morgan fingerprint density at radius 2 is 2.03 bits per heavy atom. The van der Waals surface area contributed by atoms with Gasteiger partial charge in [0.1, 0.15) is 10.7 Å². The second-order valence-corrected chi connectivity index (χ2v) is 10.4. The third kappa shape index (κ3) is 4.45. The van der Waals surface area contributed by atoms with Gasteiger partial charge in [-0.1, -0.05) is 0 Å². The van der Waals surface area contributed by atoms with Crippen LogP contribution in [0.1, 0.15) is 47.5 Å². The Hall–Kier alpha value is -2.65. The molecule has 0 saturated heterocycles. The molecule has 0 bridgehead atoms. The summed E-state index contributed by atoms with van der Waals surface area (Å²) in [7, 11) is 0. The molecular weight excluding hydrogens is 444 g/mol. The average molecular weight is 469 g/mol. The largest absolute Gasteiger partial charge is 0.326 e. The molecule has 0 unspecified atom stereocenters. The highest BCUT2D eigenvalue weighted by Crippen LogP contribution is 2.34. The van der Waals surface area contributed by atoms with Crippen molar-refractivity contribution in [2.75, 3.05) is 16.4 Å². The Bertz CT molecular complexity index is 1260. The van der Waals surface area contributed by atoms with Gasteiger partial charge in [-0.05, 0) is 61.4 Å². The summed E-state index contributed by atoms with van der Waals surface area (Å²) in [5, 5.41) is 6.62. The molecule has 3 aromatic rings. The molecule has 7 nitrogen and oxygen atoms in total. The molecule has 3 heterocycles. The predicted molar refractivity (Wildman–Crippen MR) is 130 cm³/mol. The van der Waals surface area contributed by atoms with E-state index in [2.05, 4.69) is 20.6 Å². The quantitative estimate of drug-likeness (QED) is 0.474. The van der Waals surface area contributed by atoms with Crippen LogP contribution in [0.25, 0.3) is 10.2 Å². The molecular formula is C23H24N4O3S2. The molecule has 2 amide bonds. The van der Waals surface area contributed by atoms with Crippen molar-refractivity contribution in [1.29, 1.82) is 0 Å². The number of rotatable bonds is 6. The minimum atomic E-state index is -0.0540. The summed E-state index contributed by atoms with van der Waals surface area (Å²) in [5.74, 6) is 1.85. The topological polar surface area (TPSA) is 104 Å². The van der Waals surface area contributed by atoms with Crippen molar-refractivity contribution >= 4 is 56.5 Å². The van der Waals surface area contributed by atoms with Crippen molar-refractivity contribution in [2.24, 2.45) is 0 Å². The van der Waals surface area contributed by atoms with Crippen LogP contribution in [-0.2, 0) is 34.6 Å². The molecule has 166 valence electrons. The molecule has 0 radical (unpaired) electrons. The van der Waals surface area contributed by atoms with Gasteiger partial charge in [0.25, 0.3) is 5.56 Å². The van der Waals surface area contributed by atoms with Crippen LogP contribution in [0.15, 0.2) is 23.0 Å². The summed E-state index contributed by atoms with van der Waals surface area (Å²) in [6, 6.07) is 5.60. The molecule has 0 saturated carbocycles. The Morgan fingerprint density at radius 3 is 2.94 bits per heavy atom. The maximum absolute atomic E-state index is 12.5. The molecule has 0 atom stereocenters. The van der Waals surface area contributed by atoms with Crippen LogP contribution >= 0.6 is 23.1 Å². The molecule has 1 aliphatic heterocycles. The minimum absolute atomic E-state index is 0.0377. The number of carbonyl (C=O) groups is 2. The lowest BCUT2D eigenvalue weighted by Gasteiger charge is -2.10. The zero-order valence-corrected chi connectivity index (χ0v) is 19.2. The molecule has 0 fully saturated rings. The van der Waals surface area contributed by atoms with Gasteiger partial charge in [0, 0.05) is 34.8 Å². The second-order valence-electron chi connectivity index (χ2n) is 8.17. The molecule has 2 aliphatic rings. The summed E-state index contributed by atoms with van der Waals surface area (Å²) in [6.45, 7) is 0. The first-order valence-electron chi connectivity index (χ1n) is 10.9. The predicted octanol–water partition coefficient (Wildman–Crippen LogP) is 4.01. The van der Waals surface area contributed by atoms with Gasteiger partial charge < -0.3 is 15.6 Å². The number of aromatic amines is 1. The summed E-state index contributed by atoms with van der Waals surface area (Å²) in [5.41, 5.74) is 3.78. The number of fused-ring (bicyclic) bond motifs is 4. The van der Waals surface area contributed by atoms with Crippen LogP contribution in [0.4, 0.5) is 11.4 Å². The Labute approximate surface area is 193 Å². The van der Waals surface area contributed by atoms with Crippen LogP contribution in [-0.4, -0.2) is 27.5 Å². The van der Waals surface area contributed by atoms with E-state index in [1.807, 2.05) is 18.2 Å². The third-order valence-corrected chi connectivity index (χ3v) is 8.01. The number of thiophene rings is 1. The average Bonchev–Trinajstić information content (AvgIpc) is 3.28. The Balaban J connectivity index is 1.14. The van der Waals surface area contributed by atoms with E-state index in [9.17, 15) is 14.4 Å². The first kappa shape index (κ1) is 21.2. The van der Waals surface area contributed by atoms with E-state index in [1.54, 1.807) is 23.1 Å². The van der Waals surface area contributed by atoms with Gasteiger partial charge in [-0.15, -0.1) is 11.3 Å². The zero-order chi connectivity index (χ0) is 22.1. The monoisotopic (exact) mass is 468 g/mol. The molecule has 0 spiro atoms. The number of nitrogens with zero attached hydrogens (tertiary/aromatic N) is 1. The van der Waals surface area contributed by atoms with E-state index in [0.29, 0.717) is 30.2 Å².